The molecule has 106 valence electrons. The van der Waals surface area contributed by atoms with Crippen LogP contribution in [-0.2, 0) is 6.42 Å². The van der Waals surface area contributed by atoms with Gasteiger partial charge in [0.2, 0.25) is 5.88 Å². The minimum Gasteiger partial charge on any atom is -0.493 e. The minimum atomic E-state index is -0.308. The van der Waals surface area contributed by atoms with Crippen molar-refractivity contribution in [3.8, 4) is 23.0 Å². The molecule has 0 bridgehead atoms. The van der Waals surface area contributed by atoms with Crippen molar-refractivity contribution in [2.24, 2.45) is 0 Å². The van der Waals surface area contributed by atoms with E-state index in [2.05, 4.69) is 9.97 Å². The zero-order chi connectivity index (χ0) is 14.7. The van der Waals surface area contributed by atoms with E-state index in [-0.39, 0.29) is 17.5 Å². The highest BCUT2D eigenvalue weighted by Gasteiger charge is 2.10. The van der Waals surface area contributed by atoms with Crippen molar-refractivity contribution in [2.45, 2.75) is 33.3 Å². The van der Waals surface area contributed by atoms with Gasteiger partial charge < -0.3 is 14.8 Å². The molecule has 0 aliphatic carbocycles. The Kier molecular flexibility index (Phi) is 4.08. The largest absolute Gasteiger partial charge is 0.493 e. The third-order valence-corrected chi connectivity index (χ3v) is 2.85. The third-order valence-electron chi connectivity index (χ3n) is 2.85. The molecule has 0 aliphatic rings. The van der Waals surface area contributed by atoms with Crippen LogP contribution in [-0.4, -0.2) is 21.2 Å². The minimum absolute atomic E-state index is 0.103. The van der Waals surface area contributed by atoms with Gasteiger partial charge in [0.05, 0.1) is 11.7 Å². The third kappa shape index (κ3) is 2.99. The first-order valence-electron chi connectivity index (χ1n) is 6.60. The maximum Gasteiger partial charge on any atom is 0.258 e. The van der Waals surface area contributed by atoms with Gasteiger partial charge >= 0.3 is 0 Å². The number of ether oxygens (including phenoxy) is 1. The monoisotopic (exact) mass is 274 g/mol. The summed E-state index contributed by atoms with van der Waals surface area (Å²) in [5.74, 6) is 0.884. The van der Waals surface area contributed by atoms with Crippen LogP contribution >= 0.6 is 0 Å². The number of aromatic hydroxyl groups is 1. The molecule has 1 aromatic carbocycles. The van der Waals surface area contributed by atoms with Crippen molar-refractivity contribution in [1.82, 2.24) is 9.97 Å². The molecule has 0 radical (unpaired) electrons. The molecular formula is C15H18N2O3. The summed E-state index contributed by atoms with van der Waals surface area (Å²) in [5.41, 5.74) is 0.710. The molecular weight excluding hydrogens is 256 g/mol. The van der Waals surface area contributed by atoms with E-state index >= 15 is 0 Å². The fraction of sp³-hybridized carbons (Fsp3) is 0.333. The van der Waals surface area contributed by atoms with Crippen LogP contribution in [0.25, 0.3) is 11.4 Å². The van der Waals surface area contributed by atoms with E-state index in [1.165, 1.54) is 0 Å². The van der Waals surface area contributed by atoms with Crippen molar-refractivity contribution in [3.63, 3.8) is 0 Å². The molecule has 5 nitrogen and oxygen atoms in total. The van der Waals surface area contributed by atoms with E-state index in [0.29, 0.717) is 17.8 Å². The predicted octanol–water partition coefficient (Wildman–Crippen LogP) is 2.49. The van der Waals surface area contributed by atoms with Gasteiger partial charge in [-0.1, -0.05) is 6.92 Å². The lowest BCUT2D eigenvalue weighted by molar-refractivity contribution is 0.242. The molecule has 0 unspecified atom stereocenters. The van der Waals surface area contributed by atoms with Crippen LogP contribution in [0.4, 0.5) is 0 Å². The summed E-state index contributed by atoms with van der Waals surface area (Å²) < 4.78 is 5.55. The smallest absolute Gasteiger partial charge is 0.258 e. The van der Waals surface area contributed by atoms with Gasteiger partial charge in [-0.2, -0.15) is 4.98 Å². The lowest BCUT2D eigenvalue weighted by Crippen LogP contribution is -2.14. The van der Waals surface area contributed by atoms with Crippen molar-refractivity contribution < 1.29 is 9.84 Å². The average molecular weight is 274 g/mol. The van der Waals surface area contributed by atoms with Crippen LogP contribution in [0.5, 0.6) is 11.6 Å². The first-order valence-corrected chi connectivity index (χ1v) is 6.60. The first kappa shape index (κ1) is 14.1. The summed E-state index contributed by atoms with van der Waals surface area (Å²) in [5, 5.41) is 9.75. The lowest BCUT2D eigenvalue weighted by Gasteiger charge is -2.10. The fourth-order valence-corrected chi connectivity index (χ4v) is 1.90. The van der Waals surface area contributed by atoms with E-state index in [1.54, 1.807) is 31.2 Å². The molecule has 0 spiro atoms. The second kappa shape index (κ2) is 5.77. The molecule has 0 saturated heterocycles. The highest BCUT2D eigenvalue weighted by atomic mass is 16.5. The molecule has 2 aromatic rings. The van der Waals surface area contributed by atoms with Crippen molar-refractivity contribution in [1.29, 1.82) is 0 Å². The Labute approximate surface area is 117 Å². The van der Waals surface area contributed by atoms with E-state index < -0.39 is 0 Å². The number of hydrogen-bond donors (Lipinski definition) is 2. The Morgan fingerprint density at radius 3 is 2.45 bits per heavy atom. The van der Waals surface area contributed by atoms with Crippen LogP contribution < -0.4 is 10.3 Å². The van der Waals surface area contributed by atoms with Crippen LogP contribution in [0, 0.1) is 0 Å². The van der Waals surface area contributed by atoms with Crippen molar-refractivity contribution in [2.75, 3.05) is 0 Å². The second-order valence-electron chi connectivity index (χ2n) is 4.76. The van der Waals surface area contributed by atoms with Gasteiger partial charge in [-0.15, -0.1) is 0 Å². The predicted molar refractivity (Wildman–Crippen MR) is 77.1 cm³/mol. The summed E-state index contributed by atoms with van der Waals surface area (Å²) in [6.45, 7) is 5.70. The van der Waals surface area contributed by atoms with Gasteiger partial charge in [0.1, 0.15) is 11.6 Å². The Hall–Kier alpha value is -2.30. The quantitative estimate of drug-likeness (QED) is 0.898. The molecule has 0 atom stereocenters. The number of rotatable bonds is 4. The summed E-state index contributed by atoms with van der Waals surface area (Å²) in [7, 11) is 0. The zero-order valence-electron chi connectivity index (χ0n) is 11.8. The molecule has 1 heterocycles. The topological polar surface area (TPSA) is 75.2 Å². The molecule has 5 heteroatoms. The highest BCUT2D eigenvalue weighted by molar-refractivity contribution is 5.56. The van der Waals surface area contributed by atoms with E-state index in [0.717, 1.165) is 11.3 Å². The second-order valence-corrected chi connectivity index (χ2v) is 4.76. The lowest BCUT2D eigenvalue weighted by atomic mass is 10.2. The van der Waals surface area contributed by atoms with Gasteiger partial charge in [0.25, 0.3) is 5.56 Å². The fourth-order valence-electron chi connectivity index (χ4n) is 1.90. The van der Waals surface area contributed by atoms with Crippen molar-refractivity contribution >= 4 is 0 Å². The molecule has 20 heavy (non-hydrogen) atoms. The number of aromatic amines is 1. The average Bonchev–Trinajstić information content (AvgIpc) is 2.38. The molecule has 0 aliphatic heterocycles. The number of H-pyrrole nitrogens is 1. The summed E-state index contributed by atoms with van der Waals surface area (Å²) in [4.78, 5) is 18.5. The van der Waals surface area contributed by atoms with Crippen LogP contribution in [0.1, 0.15) is 26.3 Å². The molecule has 1 aromatic heterocycles. The normalized spacial score (nSPS) is 10.8. The Morgan fingerprint density at radius 2 is 1.95 bits per heavy atom. The van der Waals surface area contributed by atoms with E-state index in [1.807, 2.05) is 13.8 Å². The van der Waals surface area contributed by atoms with Gasteiger partial charge in [0.15, 0.2) is 0 Å². The van der Waals surface area contributed by atoms with Crippen LogP contribution in [0.2, 0.25) is 0 Å². The Morgan fingerprint density at radius 1 is 1.30 bits per heavy atom. The highest BCUT2D eigenvalue weighted by Crippen LogP contribution is 2.21. The Balaban J connectivity index is 2.35. The molecule has 0 amide bonds. The van der Waals surface area contributed by atoms with Crippen molar-refractivity contribution in [3.05, 3.63) is 40.2 Å². The summed E-state index contributed by atoms with van der Waals surface area (Å²) >= 11 is 0. The van der Waals surface area contributed by atoms with Gasteiger partial charge in [-0.05, 0) is 44.5 Å². The molecule has 0 saturated carbocycles. The number of nitrogens with zero attached hydrogens (tertiary/aromatic N) is 1. The first-order chi connectivity index (χ1) is 9.51. The SMILES string of the molecule is CCc1c(O)nc(-c2ccc(OC(C)C)cc2)[nH]c1=O. The van der Waals surface area contributed by atoms with Gasteiger partial charge in [-0.3, -0.25) is 4.79 Å². The van der Waals surface area contributed by atoms with Gasteiger partial charge in [-0.25, -0.2) is 0 Å². The molecule has 2 rings (SSSR count). The maximum absolute atomic E-state index is 11.8. The number of benzene rings is 1. The molecule has 2 N–H and O–H groups in total. The Bertz CT molecular complexity index is 645. The number of nitrogens with one attached hydrogen (secondary N) is 1. The van der Waals surface area contributed by atoms with Crippen LogP contribution in [0.15, 0.2) is 29.1 Å². The van der Waals surface area contributed by atoms with E-state index in [4.69, 9.17) is 4.74 Å². The summed E-state index contributed by atoms with van der Waals surface area (Å²) in [6.07, 6.45) is 0.543. The van der Waals surface area contributed by atoms with Gasteiger partial charge in [0, 0.05) is 5.56 Å². The standard InChI is InChI=1S/C15H18N2O3/c1-4-12-14(18)16-13(17-15(12)19)10-5-7-11(8-6-10)20-9(2)3/h5-9H,4H2,1-3H3,(H2,16,17,18,19). The van der Waals surface area contributed by atoms with E-state index in [9.17, 15) is 9.90 Å². The maximum atomic E-state index is 11.8. The molecule has 0 fully saturated rings. The summed E-state index contributed by atoms with van der Waals surface area (Å²) in [6, 6.07) is 7.20. The number of aromatic nitrogens is 2. The zero-order valence-corrected chi connectivity index (χ0v) is 11.8. The van der Waals surface area contributed by atoms with Crippen LogP contribution in [0.3, 0.4) is 0 Å². The number of hydrogen-bond acceptors (Lipinski definition) is 4.